The summed E-state index contributed by atoms with van der Waals surface area (Å²) < 4.78 is 5.19. The van der Waals surface area contributed by atoms with Gasteiger partial charge in [-0.15, -0.1) is 0 Å². The average Bonchev–Trinajstić information content (AvgIpc) is 2.69. The normalized spacial score (nSPS) is 18.4. The molecule has 92 valence electrons. The summed E-state index contributed by atoms with van der Waals surface area (Å²) in [5.74, 6) is -0.413. The summed E-state index contributed by atoms with van der Waals surface area (Å²) in [4.78, 5) is 22.4. The minimum atomic E-state index is -0.888. The molecule has 1 atom stereocenters. The van der Waals surface area contributed by atoms with E-state index in [0.717, 1.165) is 25.7 Å². The first kappa shape index (κ1) is 13.2. The molecule has 0 bridgehead atoms. The fourth-order valence-corrected chi connectivity index (χ4v) is 1.91. The van der Waals surface area contributed by atoms with E-state index in [9.17, 15) is 14.7 Å². The minimum absolute atomic E-state index is 0.0267. The van der Waals surface area contributed by atoms with Gasteiger partial charge in [-0.05, 0) is 25.7 Å². The monoisotopic (exact) mass is 228 g/mol. The number of Topliss-reactive ketones (excluding diaryl/α,β-unsaturated/α-hetero) is 1. The van der Waals surface area contributed by atoms with Gasteiger partial charge < -0.3 is 9.84 Å². The van der Waals surface area contributed by atoms with Crippen molar-refractivity contribution < 1.29 is 19.4 Å². The third-order valence-electron chi connectivity index (χ3n) is 2.86. The van der Waals surface area contributed by atoms with Crippen molar-refractivity contribution in [1.29, 1.82) is 0 Å². The summed E-state index contributed by atoms with van der Waals surface area (Å²) in [5.41, 5.74) is 0. The molecule has 0 aromatic rings. The third-order valence-corrected chi connectivity index (χ3v) is 2.86. The quantitative estimate of drug-likeness (QED) is 0.701. The van der Waals surface area contributed by atoms with E-state index in [1.165, 1.54) is 0 Å². The number of hydrogen-bond donors (Lipinski definition) is 1. The maximum Gasteiger partial charge on any atom is 0.308 e. The molecule has 4 heteroatoms. The second-order valence-electron chi connectivity index (χ2n) is 4.35. The van der Waals surface area contributed by atoms with Crippen LogP contribution in [0.4, 0.5) is 0 Å². The molecule has 1 fully saturated rings. The molecular formula is C12H20O4. The Morgan fingerprint density at radius 1 is 1.31 bits per heavy atom. The van der Waals surface area contributed by atoms with Crippen LogP contribution in [0, 0.1) is 0 Å². The molecule has 0 amide bonds. The molecule has 0 saturated heterocycles. The summed E-state index contributed by atoms with van der Waals surface area (Å²) >= 11 is 0. The van der Waals surface area contributed by atoms with Crippen molar-refractivity contribution in [2.75, 3.05) is 0 Å². The number of carbonyl (C=O) groups excluding carboxylic acids is 2. The zero-order chi connectivity index (χ0) is 12.0. The lowest BCUT2D eigenvalue weighted by Gasteiger charge is -2.13. The second kappa shape index (κ2) is 6.63. The Labute approximate surface area is 96.0 Å². The van der Waals surface area contributed by atoms with Crippen molar-refractivity contribution in [1.82, 2.24) is 0 Å². The van der Waals surface area contributed by atoms with Gasteiger partial charge in [-0.3, -0.25) is 9.59 Å². The van der Waals surface area contributed by atoms with E-state index < -0.39 is 6.10 Å². The highest BCUT2D eigenvalue weighted by atomic mass is 16.5. The van der Waals surface area contributed by atoms with Gasteiger partial charge in [0.2, 0.25) is 0 Å². The van der Waals surface area contributed by atoms with Crippen LogP contribution < -0.4 is 0 Å². The summed E-state index contributed by atoms with van der Waals surface area (Å²) in [6.07, 6.45) is 3.59. The Kier molecular flexibility index (Phi) is 5.46. The van der Waals surface area contributed by atoms with Crippen LogP contribution in [0.2, 0.25) is 0 Å². The molecule has 1 aliphatic carbocycles. The maximum atomic E-state index is 11.4. The summed E-state index contributed by atoms with van der Waals surface area (Å²) in [7, 11) is 0. The zero-order valence-electron chi connectivity index (χ0n) is 9.78. The van der Waals surface area contributed by atoms with Gasteiger partial charge >= 0.3 is 5.97 Å². The SMILES string of the molecule is CCC(=O)C[C@@H](O)CC(=O)OC1CCCC1. The van der Waals surface area contributed by atoms with Gasteiger partial charge in [0, 0.05) is 12.8 Å². The third kappa shape index (κ3) is 4.75. The van der Waals surface area contributed by atoms with Crippen LogP contribution in [0.5, 0.6) is 0 Å². The summed E-state index contributed by atoms with van der Waals surface area (Å²) in [6, 6.07) is 0. The molecule has 0 aromatic heterocycles. The molecule has 0 spiro atoms. The number of hydrogen-bond acceptors (Lipinski definition) is 4. The van der Waals surface area contributed by atoms with E-state index in [4.69, 9.17) is 4.74 Å². The highest BCUT2D eigenvalue weighted by molar-refractivity contribution is 5.79. The molecule has 1 saturated carbocycles. The Hall–Kier alpha value is -0.900. The first-order chi connectivity index (χ1) is 7.61. The van der Waals surface area contributed by atoms with Crippen molar-refractivity contribution in [3.63, 3.8) is 0 Å². The Morgan fingerprint density at radius 2 is 1.94 bits per heavy atom. The Balaban J connectivity index is 2.19. The van der Waals surface area contributed by atoms with E-state index in [1.807, 2.05) is 0 Å². The van der Waals surface area contributed by atoms with Gasteiger partial charge in [0.05, 0.1) is 12.5 Å². The van der Waals surface area contributed by atoms with E-state index in [1.54, 1.807) is 6.92 Å². The van der Waals surface area contributed by atoms with Crippen molar-refractivity contribution >= 4 is 11.8 Å². The van der Waals surface area contributed by atoms with E-state index in [2.05, 4.69) is 0 Å². The first-order valence-electron chi connectivity index (χ1n) is 6.01. The molecular weight excluding hydrogens is 208 g/mol. The van der Waals surface area contributed by atoms with Crippen LogP contribution in [0.15, 0.2) is 0 Å². The number of esters is 1. The molecule has 0 radical (unpaired) electrons. The standard InChI is InChI=1S/C12H20O4/c1-2-9(13)7-10(14)8-12(15)16-11-5-3-4-6-11/h10-11,14H,2-8H2,1H3/t10-/m1/s1. The molecule has 16 heavy (non-hydrogen) atoms. The molecule has 4 nitrogen and oxygen atoms in total. The summed E-state index contributed by atoms with van der Waals surface area (Å²) in [5, 5.41) is 9.47. The number of aliphatic hydroxyl groups is 1. The van der Waals surface area contributed by atoms with Crippen LogP contribution in [-0.4, -0.2) is 29.1 Å². The number of ether oxygens (including phenoxy) is 1. The van der Waals surface area contributed by atoms with Crippen LogP contribution >= 0.6 is 0 Å². The topological polar surface area (TPSA) is 63.6 Å². The van der Waals surface area contributed by atoms with Gasteiger partial charge in [-0.1, -0.05) is 6.92 Å². The van der Waals surface area contributed by atoms with Gasteiger partial charge in [0.25, 0.3) is 0 Å². The lowest BCUT2D eigenvalue weighted by atomic mass is 10.1. The maximum absolute atomic E-state index is 11.4. The van der Waals surface area contributed by atoms with Crippen LogP contribution in [-0.2, 0) is 14.3 Å². The molecule has 1 N–H and O–H groups in total. The largest absolute Gasteiger partial charge is 0.462 e. The predicted molar refractivity (Wildman–Crippen MR) is 58.9 cm³/mol. The van der Waals surface area contributed by atoms with Gasteiger partial charge in [-0.25, -0.2) is 0 Å². The van der Waals surface area contributed by atoms with Gasteiger partial charge in [0.15, 0.2) is 0 Å². The molecule has 1 rings (SSSR count). The van der Waals surface area contributed by atoms with Crippen LogP contribution in [0.3, 0.4) is 0 Å². The summed E-state index contributed by atoms with van der Waals surface area (Å²) in [6.45, 7) is 1.74. The van der Waals surface area contributed by atoms with Gasteiger partial charge in [0.1, 0.15) is 11.9 Å². The number of ketones is 1. The van der Waals surface area contributed by atoms with Crippen LogP contribution in [0.25, 0.3) is 0 Å². The minimum Gasteiger partial charge on any atom is -0.462 e. The lowest BCUT2D eigenvalue weighted by molar-refractivity contribution is -0.151. The predicted octanol–water partition coefficient (Wildman–Crippen LogP) is 1.59. The molecule has 0 aromatic carbocycles. The van der Waals surface area contributed by atoms with E-state index in [-0.39, 0.29) is 30.7 Å². The smallest absolute Gasteiger partial charge is 0.308 e. The van der Waals surface area contributed by atoms with Crippen LogP contribution in [0.1, 0.15) is 51.9 Å². The fraction of sp³-hybridized carbons (Fsp3) is 0.833. The molecule has 1 aliphatic rings. The zero-order valence-corrected chi connectivity index (χ0v) is 9.78. The Bertz CT molecular complexity index is 243. The molecule has 0 heterocycles. The van der Waals surface area contributed by atoms with Crippen molar-refractivity contribution in [2.45, 2.75) is 64.1 Å². The number of aliphatic hydroxyl groups excluding tert-OH is 1. The molecule has 0 aliphatic heterocycles. The van der Waals surface area contributed by atoms with Gasteiger partial charge in [-0.2, -0.15) is 0 Å². The first-order valence-corrected chi connectivity index (χ1v) is 6.01. The molecule has 0 unspecified atom stereocenters. The lowest BCUT2D eigenvalue weighted by Crippen LogP contribution is -2.22. The Morgan fingerprint density at radius 3 is 2.50 bits per heavy atom. The average molecular weight is 228 g/mol. The number of rotatable bonds is 6. The second-order valence-corrected chi connectivity index (χ2v) is 4.35. The van der Waals surface area contributed by atoms with Crippen molar-refractivity contribution in [2.24, 2.45) is 0 Å². The van der Waals surface area contributed by atoms with Crippen molar-refractivity contribution in [3.8, 4) is 0 Å². The fourth-order valence-electron chi connectivity index (χ4n) is 1.91. The number of carbonyl (C=O) groups is 2. The van der Waals surface area contributed by atoms with E-state index >= 15 is 0 Å². The highest BCUT2D eigenvalue weighted by Crippen LogP contribution is 2.21. The van der Waals surface area contributed by atoms with Crippen molar-refractivity contribution in [3.05, 3.63) is 0 Å². The van der Waals surface area contributed by atoms with E-state index in [0.29, 0.717) is 6.42 Å². The highest BCUT2D eigenvalue weighted by Gasteiger charge is 2.21.